The third-order valence-corrected chi connectivity index (χ3v) is 4.06. The van der Waals surface area contributed by atoms with Crippen molar-refractivity contribution in [3.05, 3.63) is 0 Å². The summed E-state index contributed by atoms with van der Waals surface area (Å²) in [6.07, 6.45) is 7.79. The molecule has 2 nitrogen and oxygen atoms in total. The fourth-order valence-electron chi connectivity index (χ4n) is 3.62. The maximum atomic E-state index is 6.27. The van der Waals surface area contributed by atoms with Crippen LogP contribution in [0.15, 0.2) is 0 Å². The Bertz CT molecular complexity index is 211. The quantitative estimate of drug-likeness (QED) is 0.757. The molecule has 0 heterocycles. The largest absolute Gasteiger partial charge is 0.374 e. The number of hydrogen-bond acceptors (Lipinski definition) is 2. The van der Waals surface area contributed by atoms with Gasteiger partial charge in [0.15, 0.2) is 0 Å². The molecule has 2 heteroatoms. The van der Waals surface area contributed by atoms with Gasteiger partial charge in [0.05, 0.1) is 5.60 Å². The summed E-state index contributed by atoms with van der Waals surface area (Å²) < 4.78 is 6.27. The first kappa shape index (κ1) is 15.0. The van der Waals surface area contributed by atoms with Gasteiger partial charge in [-0.1, -0.05) is 46.5 Å². The highest BCUT2D eigenvalue weighted by atomic mass is 16.5. The maximum absolute atomic E-state index is 6.27. The van der Waals surface area contributed by atoms with Gasteiger partial charge in [-0.2, -0.15) is 0 Å². The molecular formula is C15H31NO. The van der Waals surface area contributed by atoms with E-state index in [1.165, 1.54) is 38.5 Å². The lowest BCUT2D eigenvalue weighted by molar-refractivity contribution is -0.0990. The average molecular weight is 241 g/mol. The minimum atomic E-state index is 0.0538. The summed E-state index contributed by atoms with van der Waals surface area (Å²) in [6.45, 7) is 9.91. The van der Waals surface area contributed by atoms with Crippen LogP contribution >= 0.6 is 0 Å². The number of rotatable bonds is 4. The number of ether oxygens (including phenoxy) is 1. The highest BCUT2D eigenvalue weighted by molar-refractivity contribution is 4.99. The van der Waals surface area contributed by atoms with Gasteiger partial charge < -0.3 is 10.1 Å². The third kappa shape index (κ3) is 3.69. The minimum Gasteiger partial charge on any atom is -0.374 e. The van der Waals surface area contributed by atoms with E-state index < -0.39 is 0 Å². The van der Waals surface area contributed by atoms with E-state index in [1.807, 2.05) is 0 Å². The van der Waals surface area contributed by atoms with Gasteiger partial charge in [0.1, 0.15) is 0 Å². The normalized spacial score (nSPS) is 23.1. The van der Waals surface area contributed by atoms with Crippen LogP contribution in [-0.2, 0) is 4.74 Å². The van der Waals surface area contributed by atoms with E-state index in [2.05, 4.69) is 40.1 Å². The summed E-state index contributed by atoms with van der Waals surface area (Å²) >= 11 is 0. The Balaban J connectivity index is 2.93. The molecule has 1 unspecified atom stereocenters. The van der Waals surface area contributed by atoms with Gasteiger partial charge in [0.25, 0.3) is 0 Å². The van der Waals surface area contributed by atoms with Crippen molar-refractivity contribution in [3.8, 4) is 0 Å². The molecule has 0 aliphatic heterocycles. The lowest BCUT2D eigenvalue weighted by atomic mass is 9.72. The lowest BCUT2D eigenvalue weighted by Gasteiger charge is -2.46. The molecule has 1 fully saturated rings. The van der Waals surface area contributed by atoms with Crippen molar-refractivity contribution < 1.29 is 4.74 Å². The summed E-state index contributed by atoms with van der Waals surface area (Å²) in [5.41, 5.74) is 0.298. The lowest BCUT2D eigenvalue weighted by Crippen LogP contribution is -2.57. The van der Waals surface area contributed by atoms with E-state index in [9.17, 15) is 0 Å². The van der Waals surface area contributed by atoms with Gasteiger partial charge in [-0.15, -0.1) is 0 Å². The van der Waals surface area contributed by atoms with Crippen molar-refractivity contribution in [2.24, 2.45) is 5.41 Å². The second-order valence-electron chi connectivity index (χ2n) is 6.50. The zero-order valence-electron chi connectivity index (χ0n) is 12.4. The standard InChI is InChI=1S/C15H31NO/c1-6-17-15(11-9-7-8-10-12-15)13(16-5)14(2,3)4/h13,16H,6-12H2,1-5H3. The zero-order chi connectivity index (χ0) is 12.9. The Hall–Kier alpha value is -0.0800. The maximum Gasteiger partial charge on any atom is 0.0839 e. The number of nitrogens with one attached hydrogen (secondary N) is 1. The molecular weight excluding hydrogens is 210 g/mol. The topological polar surface area (TPSA) is 21.3 Å². The number of hydrogen-bond donors (Lipinski definition) is 1. The van der Waals surface area contributed by atoms with Gasteiger partial charge in [0.2, 0.25) is 0 Å². The van der Waals surface area contributed by atoms with Crippen LogP contribution in [0.3, 0.4) is 0 Å². The zero-order valence-corrected chi connectivity index (χ0v) is 12.4. The molecule has 1 N–H and O–H groups in total. The van der Waals surface area contributed by atoms with Gasteiger partial charge in [-0.3, -0.25) is 0 Å². The van der Waals surface area contributed by atoms with Crippen LogP contribution in [0.4, 0.5) is 0 Å². The van der Waals surface area contributed by atoms with E-state index in [0.29, 0.717) is 6.04 Å². The molecule has 0 radical (unpaired) electrons. The minimum absolute atomic E-state index is 0.0538. The summed E-state index contributed by atoms with van der Waals surface area (Å²) in [4.78, 5) is 0. The molecule has 1 aliphatic carbocycles. The predicted octanol–water partition coefficient (Wildman–Crippen LogP) is 3.75. The Morgan fingerprint density at radius 3 is 2.00 bits per heavy atom. The van der Waals surface area contributed by atoms with Crippen LogP contribution in [0.25, 0.3) is 0 Å². The molecule has 1 aliphatic rings. The second kappa shape index (κ2) is 6.19. The van der Waals surface area contributed by atoms with Crippen molar-refractivity contribution in [2.45, 2.75) is 77.9 Å². The molecule has 0 amide bonds. The van der Waals surface area contributed by atoms with Crippen molar-refractivity contribution in [1.82, 2.24) is 5.32 Å². The summed E-state index contributed by atoms with van der Waals surface area (Å²) in [5.74, 6) is 0. The van der Waals surface area contributed by atoms with E-state index in [0.717, 1.165) is 6.61 Å². The van der Waals surface area contributed by atoms with Crippen molar-refractivity contribution in [3.63, 3.8) is 0 Å². The Labute approximate surface area is 108 Å². The van der Waals surface area contributed by atoms with Crippen LogP contribution in [0.2, 0.25) is 0 Å². The van der Waals surface area contributed by atoms with Gasteiger partial charge in [-0.25, -0.2) is 0 Å². The van der Waals surface area contributed by atoms with Crippen LogP contribution in [0, 0.1) is 5.41 Å². The van der Waals surface area contributed by atoms with E-state index in [1.54, 1.807) is 0 Å². The molecule has 102 valence electrons. The fourth-order valence-corrected chi connectivity index (χ4v) is 3.62. The molecule has 17 heavy (non-hydrogen) atoms. The number of likely N-dealkylation sites (N-methyl/N-ethyl adjacent to an activating group) is 1. The molecule has 0 aromatic heterocycles. The highest BCUT2D eigenvalue weighted by Gasteiger charge is 2.44. The van der Waals surface area contributed by atoms with Crippen LogP contribution in [0.1, 0.15) is 66.2 Å². The molecule has 0 aromatic carbocycles. The third-order valence-electron chi connectivity index (χ3n) is 4.06. The Morgan fingerprint density at radius 1 is 1.12 bits per heavy atom. The molecule has 1 saturated carbocycles. The molecule has 0 spiro atoms. The van der Waals surface area contributed by atoms with Crippen LogP contribution in [0.5, 0.6) is 0 Å². The first-order chi connectivity index (χ1) is 7.96. The SMILES string of the molecule is CCOC1(C(NC)C(C)(C)C)CCCCCC1. The van der Waals surface area contributed by atoms with Crippen LogP contribution in [-0.4, -0.2) is 25.3 Å². The summed E-state index contributed by atoms with van der Waals surface area (Å²) in [7, 11) is 2.08. The van der Waals surface area contributed by atoms with E-state index in [4.69, 9.17) is 4.74 Å². The van der Waals surface area contributed by atoms with Crippen molar-refractivity contribution in [1.29, 1.82) is 0 Å². The van der Waals surface area contributed by atoms with E-state index in [-0.39, 0.29) is 11.0 Å². The monoisotopic (exact) mass is 241 g/mol. The average Bonchev–Trinajstić information content (AvgIpc) is 2.43. The van der Waals surface area contributed by atoms with E-state index >= 15 is 0 Å². The van der Waals surface area contributed by atoms with Crippen molar-refractivity contribution >= 4 is 0 Å². The smallest absolute Gasteiger partial charge is 0.0839 e. The first-order valence-corrected chi connectivity index (χ1v) is 7.27. The Kier molecular flexibility index (Phi) is 5.46. The second-order valence-corrected chi connectivity index (χ2v) is 6.50. The van der Waals surface area contributed by atoms with Crippen molar-refractivity contribution in [2.75, 3.05) is 13.7 Å². The Morgan fingerprint density at radius 2 is 1.65 bits per heavy atom. The van der Waals surface area contributed by atoms with Gasteiger partial charge >= 0.3 is 0 Å². The highest BCUT2D eigenvalue weighted by Crippen LogP contribution is 2.39. The summed E-state index contributed by atoms with van der Waals surface area (Å²) in [6, 6.07) is 0.438. The van der Waals surface area contributed by atoms with Crippen LogP contribution < -0.4 is 5.32 Å². The predicted molar refractivity (Wildman–Crippen MR) is 74.4 cm³/mol. The molecule has 0 saturated heterocycles. The molecule has 0 bridgehead atoms. The van der Waals surface area contributed by atoms with Gasteiger partial charge in [-0.05, 0) is 32.2 Å². The molecule has 0 aromatic rings. The molecule has 1 atom stereocenters. The molecule has 1 rings (SSSR count). The first-order valence-electron chi connectivity index (χ1n) is 7.27. The fraction of sp³-hybridized carbons (Fsp3) is 1.00. The van der Waals surface area contributed by atoms with Gasteiger partial charge in [0, 0.05) is 12.6 Å². The summed E-state index contributed by atoms with van der Waals surface area (Å²) in [5, 5.41) is 3.54.